The fourth-order valence-corrected chi connectivity index (χ4v) is 2.80. The summed E-state index contributed by atoms with van der Waals surface area (Å²) < 4.78 is 13.1. The van der Waals surface area contributed by atoms with E-state index in [-0.39, 0.29) is 11.8 Å². The Hall–Kier alpha value is -2.08. The van der Waals surface area contributed by atoms with Crippen molar-refractivity contribution in [1.29, 1.82) is 0 Å². The summed E-state index contributed by atoms with van der Waals surface area (Å²) in [7, 11) is 0. The van der Waals surface area contributed by atoms with Gasteiger partial charge in [-0.05, 0) is 26.0 Å². The van der Waals surface area contributed by atoms with E-state index in [1.54, 1.807) is 6.07 Å². The molecule has 3 heterocycles. The molecule has 1 aliphatic rings. The molecule has 3 rings (SSSR count). The second kappa shape index (κ2) is 6.36. The number of carbonyl (C=O) groups is 1. The number of hydrogen-bond donors (Lipinski definition) is 0. The maximum atomic E-state index is 12.7. The fraction of sp³-hybridized carbons (Fsp3) is 0.500. The highest BCUT2D eigenvalue weighted by Gasteiger charge is 2.27. The first kappa shape index (κ1) is 14.8. The molecule has 1 atom stereocenters. The Kier molecular flexibility index (Phi) is 4.29. The summed E-state index contributed by atoms with van der Waals surface area (Å²) >= 11 is 0. The molecule has 0 saturated carbocycles. The van der Waals surface area contributed by atoms with E-state index in [1.165, 1.54) is 0 Å². The number of carbonyl (C=O) groups excluding carboxylic acids is 1. The van der Waals surface area contributed by atoms with E-state index in [0.717, 1.165) is 18.0 Å². The van der Waals surface area contributed by atoms with Crippen molar-refractivity contribution in [2.45, 2.75) is 26.9 Å². The zero-order valence-corrected chi connectivity index (χ0v) is 13.0. The van der Waals surface area contributed by atoms with Crippen molar-refractivity contribution in [2.75, 3.05) is 19.8 Å². The first-order valence-corrected chi connectivity index (χ1v) is 7.59. The second-order valence-electron chi connectivity index (χ2n) is 5.66. The van der Waals surface area contributed by atoms with Gasteiger partial charge in [-0.25, -0.2) is 4.98 Å². The molecule has 2 aromatic heterocycles. The largest absolute Gasteiger partial charge is 0.456 e. The third-order valence-corrected chi connectivity index (χ3v) is 3.88. The number of rotatable bonds is 4. The van der Waals surface area contributed by atoms with E-state index < -0.39 is 0 Å². The summed E-state index contributed by atoms with van der Waals surface area (Å²) in [6, 6.07) is 3.55. The Labute approximate surface area is 129 Å². The zero-order chi connectivity index (χ0) is 15.5. The standard InChI is InChI=1S/C16H21N3O3/c1-3-21-10-13-7-18(9-14-6-17-11-19(14)8-13)16(20)15-5-4-12(2)22-15/h4-6,11,13H,3,7-10H2,1-2H3/t13-/m0/s1. The molecular formula is C16H21N3O3. The molecule has 0 aliphatic carbocycles. The number of hydrogen-bond acceptors (Lipinski definition) is 4. The average molecular weight is 303 g/mol. The van der Waals surface area contributed by atoms with Gasteiger partial charge in [-0.15, -0.1) is 0 Å². The van der Waals surface area contributed by atoms with Crippen molar-refractivity contribution in [2.24, 2.45) is 5.92 Å². The monoisotopic (exact) mass is 303 g/mol. The minimum absolute atomic E-state index is 0.0794. The molecule has 22 heavy (non-hydrogen) atoms. The average Bonchev–Trinajstić information content (AvgIpc) is 3.09. The van der Waals surface area contributed by atoms with Crippen molar-refractivity contribution < 1.29 is 13.9 Å². The van der Waals surface area contributed by atoms with Crippen LogP contribution in [0.5, 0.6) is 0 Å². The minimum atomic E-state index is -0.0794. The number of furan rings is 1. The highest BCUT2D eigenvalue weighted by molar-refractivity contribution is 5.91. The van der Waals surface area contributed by atoms with Crippen LogP contribution in [0.25, 0.3) is 0 Å². The van der Waals surface area contributed by atoms with E-state index in [4.69, 9.17) is 9.15 Å². The topological polar surface area (TPSA) is 60.5 Å². The van der Waals surface area contributed by atoms with Gasteiger partial charge in [-0.2, -0.15) is 0 Å². The lowest BCUT2D eigenvalue weighted by molar-refractivity contribution is 0.0592. The first-order chi connectivity index (χ1) is 10.7. The quantitative estimate of drug-likeness (QED) is 0.868. The molecular weight excluding hydrogens is 282 g/mol. The van der Waals surface area contributed by atoms with Gasteiger partial charge in [0.1, 0.15) is 5.76 Å². The van der Waals surface area contributed by atoms with E-state index in [0.29, 0.717) is 32.1 Å². The van der Waals surface area contributed by atoms with Gasteiger partial charge in [-0.1, -0.05) is 0 Å². The van der Waals surface area contributed by atoms with Gasteiger partial charge in [0, 0.05) is 31.8 Å². The van der Waals surface area contributed by atoms with Crippen LogP contribution in [-0.2, 0) is 17.8 Å². The SMILES string of the molecule is CCOC[C@H]1CN(C(=O)c2ccc(C)o2)Cc2cncn2C1. The highest BCUT2D eigenvalue weighted by atomic mass is 16.5. The predicted molar refractivity (Wildman–Crippen MR) is 80.4 cm³/mol. The molecule has 0 N–H and O–H groups in total. The smallest absolute Gasteiger partial charge is 0.289 e. The van der Waals surface area contributed by atoms with Crippen LogP contribution >= 0.6 is 0 Å². The third kappa shape index (κ3) is 3.06. The molecule has 0 saturated heterocycles. The van der Waals surface area contributed by atoms with Crippen LogP contribution in [0.2, 0.25) is 0 Å². The van der Waals surface area contributed by atoms with Gasteiger partial charge in [-0.3, -0.25) is 4.79 Å². The number of nitrogens with zero attached hydrogens (tertiary/aromatic N) is 3. The van der Waals surface area contributed by atoms with Gasteiger partial charge in [0.05, 0.1) is 25.2 Å². The van der Waals surface area contributed by atoms with Crippen LogP contribution in [0.3, 0.4) is 0 Å². The molecule has 0 fully saturated rings. The fourth-order valence-electron chi connectivity index (χ4n) is 2.80. The summed E-state index contributed by atoms with van der Waals surface area (Å²) in [6.07, 6.45) is 3.63. The Morgan fingerprint density at radius 3 is 3.05 bits per heavy atom. The number of ether oxygens (including phenoxy) is 1. The Morgan fingerprint density at radius 1 is 1.45 bits per heavy atom. The Morgan fingerprint density at radius 2 is 2.32 bits per heavy atom. The zero-order valence-electron chi connectivity index (χ0n) is 13.0. The Balaban J connectivity index is 1.82. The van der Waals surface area contributed by atoms with Gasteiger partial charge in [0.2, 0.25) is 0 Å². The summed E-state index contributed by atoms with van der Waals surface area (Å²) in [5.41, 5.74) is 1.04. The molecule has 2 aromatic rings. The number of aromatic nitrogens is 2. The number of amides is 1. The van der Waals surface area contributed by atoms with Gasteiger partial charge < -0.3 is 18.6 Å². The summed E-state index contributed by atoms with van der Waals surface area (Å²) in [6.45, 7) is 7.14. The van der Waals surface area contributed by atoms with Gasteiger partial charge >= 0.3 is 0 Å². The maximum absolute atomic E-state index is 12.7. The lowest BCUT2D eigenvalue weighted by atomic mass is 10.1. The second-order valence-corrected chi connectivity index (χ2v) is 5.66. The van der Waals surface area contributed by atoms with Crippen LogP contribution in [0, 0.1) is 12.8 Å². The first-order valence-electron chi connectivity index (χ1n) is 7.59. The normalized spacial score (nSPS) is 18.1. The maximum Gasteiger partial charge on any atom is 0.289 e. The van der Waals surface area contributed by atoms with E-state index >= 15 is 0 Å². The van der Waals surface area contributed by atoms with Crippen LogP contribution in [-0.4, -0.2) is 40.1 Å². The van der Waals surface area contributed by atoms with Crippen LogP contribution in [0.4, 0.5) is 0 Å². The molecule has 6 heteroatoms. The summed E-state index contributed by atoms with van der Waals surface area (Å²) in [5.74, 6) is 1.30. The molecule has 0 spiro atoms. The van der Waals surface area contributed by atoms with Crippen molar-refractivity contribution in [1.82, 2.24) is 14.5 Å². The van der Waals surface area contributed by atoms with Crippen LogP contribution in [0.1, 0.15) is 28.9 Å². The molecule has 6 nitrogen and oxygen atoms in total. The Bertz CT molecular complexity index is 647. The summed E-state index contributed by atoms with van der Waals surface area (Å²) in [5, 5.41) is 0. The van der Waals surface area contributed by atoms with Crippen LogP contribution in [0.15, 0.2) is 29.1 Å². The molecule has 0 bridgehead atoms. The molecule has 0 aromatic carbocycles. The molecule has 118 valence electrons. The van der Waals surface area contributed by atoms with Crippen LogP contribution < -0.4 is 0 Å². The van der Waals surface area contributed by atoms with Gasteiger partial charge in [0.15, 0.2) is 5.76 Å². The molecule has 1 aliphatic heterocycles. The van der Waals surface area contributed by atoms with Gasteiger partial charge in [0.25, 0.3) is 5.91 Å². The van der Waals surface area contributed by atoms with Crippen molar-refractivity contribution in [3.8, 4) is 0 Å². The van der Waals surface area contributed by atoms with Crippen molar-refractivity contribution >= 4 is 5.91 Å². The molecule has 1 amide bonds. The number of imidazole rings is 1. The third-order valence-electron chi connectivity index (χ3n) is 3.88. The van der Waals surface area contributed by atoms with E-state index in [2.05, 4.69) is 9.55 Å². The lowest BCUT2D eigenvalue weighted by Crippen LogP contribution is -2.35. The van der Waals surface area contributed by atoms with E-state index in [1.807, 2.05) is 37.3 Å². The van der Waals surface area contributed by atoms with Crippen molar-refractivity contribution in [3.05, 3.63) is 41.9 Å². The highest BCUT2D eigenvalue weighted by Crippen LogP contribution is 2.19. The summed E-state index contributed by atoms with van der Waals surface area (Å²) in [4.78, 5) is 18.7. The van der Waals surface area contributed by atoms with Crippen molar-refractivity contribution in [3.63, 3.8) is 0 Å². The predicted octanol–water partition coefficient (Wildman–Crippen LogP) is 2.09. The molecule has 0 unspecified atom stereocenters. The molecule has 0 radical (unpaired) electrons. The minimum Gasteiger partial charge on any atom is -0.456 e. The van der Waals surface area contributed by atoms with E-state index in [9.17, 15) is 4.79 Å². The number of aryl methyl sites for hydroxylation is 1. The number of fused-ring (bicyclic) bond motifs is 1. The lowest BCUT2D eigenvalue weighted by Gasteiger charge is -2.23.